The Morgan fingerprint density at radius 1 is 0.857 bits per heavy atom. The van der Waals surface area contributed by atoms with Crippen molar-refractivity contribution in [1.82, 2.24) is 9.36 Å². The Bertz CT molecular complexity index is 259. The van der Waals surface area contributed by atoms with Gasteiger partial charge in [0.15, 0.2) is 0 Å². The Kier molecular flexibility index (Phi) is 9.15. The molecule has 1 radical (unpaired) electrons. The SMILES string of the molecule is CCC[N](CCC)[Sn]1[N](CC(C)C)C(CC)[N]1CC(C)C. The summed E-state index contributed by atoms with van der Waals surface area (Å²) in [5.74, 6) is 1.59. The molecule has 0 spiro atoms. The van der Waals surface area contributed by atoms with E-state index in [-0.39, 0.29) is 0 Å². The fourth-order valence-corrected chi connectivity index (χ4v) is 14.7. The van der Waals surface area contributed by atoms with E-state index in [0.717, 1.165) is 18.0 Å². The minimum absolute atomic E-state index is 0.736. The average molecular weight is 403 g/mol. The van der Waals surface area contributed by atoms with Crippen molar-refractivity contribution in [2.24, 2.45) is 11.8 Å². The molecule has 0 aromatic carbocycles. The number of nitrogens with zero attached hydrogens (tertiary/aromatic N) is 3. The van der Waals surface area contributed by atoms with Gasteiger partial charge in [0.05, 0.1) is 0 Å². The van der Waals surface area contributed by atoms with Gasteiger partial charge in [-0.05, 0) is 0 Å². The second kappa shape index (κ2) is 9.74. The minimum atomic E-state index is -1.74. The summed E-state index contributed by atoms with van der Waals surface area (Å²) in [6.45, 7) is 21.8. The summed E-state index contributed by atoms with van der Waals surface area (Å²) >= 11 is -1.74. The molecule has 0 unspecified atom stereocenters. The first-order chi connectivity index (χ1) is 9.96. The molecule has 0 amide bonds. The van der Waals surface area contributed by atoms with Gasteiger partial charge in [0.25, 0.3) is 0 Å². The molecule has 0 atom stereocenters. The molecule has 0 aromatic rings. The first-order valence-electron chi connectivity index (χ1n) is 9.11. The second-order valence-corrected chi connectivity index (χ2v) is 14.1. The number of hydrogen-bond donors (Lipinski definition) is 0. The molecule has 1 rings (SSSR count). The van der Waals surface area contributed by atoms with E-state index in [1.807, 2.05) is 0 Å². The third kappa shape index (κ3) is 5.36. The van der Waals surface area contributed by atoms with E-state index >= 15 is 0 Å². The fraction of sp³-hybridized carbons (Fsp3) is 1.00. The molecule has 1 heterocycles. The molecule has 0 saturated carbocycles. The van der Waals surface area contributed by atoms with Crippen molar-refractivity contribution in [3.63, 3.8) is 0 Å². The molecule has 4 heteroatoms. The maximum atomic E-state index is 2.95. The molecule has 0 N–H and O–H groups in total. The number of rotatable bonds is 10. The van der Waals surface area contributed by atoms with E-state index in [1.54, 1.807) is 0 Å². The topological polar surface area (TPSA) is 9.72 Å². The van der Waals surface area contributed by atoms with E-state index in [1.165, 1.54) is 45.4 Å². The number of hydrogen-bond acceptors (Lipinski definition) is 3. The Morgan fingerprint density at radius 3 is 1.57 bits per heavy atom. The zero-order valence-electron chi connectivity index (χ0n) is 15.5. The van der Waals surface area contributed by atoms with Gasteiger partial charge in [-0.3, -0.25) is 0 Å². The van der Waals surface area contributed by atoms with Gasteiger partial charge in [-0.15, -0.1) is 0 Å². The Hall–Kier alpha value is 0.679. The zero-order valence-corrected chi connectivity index (χ0v) is 18.4. The Balaban J connectivity index is 2.87. The standard InChI is InChI=1S/C11H24N2.C6H14N.Sn/c1-6-11(12-7-9(2)3)13-8-10(4)5;1-3-5-7-6-4-2;/h9-11H,6-8H2,1-5H3;3-6H2,1-2H3;/q-2;-1;+3. The third-order valence-electron chi connectivity index (χ3n) is 3.99. The molecule has 1 aliphatic heterocycles. The van der Waals surface area contributed by atoms with E-state index in [0.29, 0.717) is 0 Å². The Morgan fingerprint density at radius 2 is 1.29 bits per heavy atom. The maximum absolute atomic E-state index is 2.95. The predicted octanol–water partition coefficient (Wildman–Crippen LogP) is 3.76. The zero-order chi connectivity index (χ0) is 16.0. The first-order valence-corrected chi connectivity index (χ1v) is 12.9. The van der Waals surface area contributed by atoms with Crippen LogP contribution in [-0.2, 0) is 0 Å². The summed E-state index contributed by atoms with van der Waals surface area (Å²) < 4.78 is 8.79. The van der Waals surface area contributed by atoms with Crippen molar-refractivity contribution in [1.29, 1.82) is 0 Å². The van der Waals surface area contributed by atoms with E-state index in [9.17, 15) is 0 Å². The normalized spacial score (nSPS) is 19.1. The molecule has 1 saturated heterocycles. The van der Waals surface area contributed by atoms with E-state index in [4.69, 9.17) is 0 Å². The van der Waals surface area contributed by atoms with Crippen molar-refractivity contribution in [2.75, 3.05) is 26.2 Å². The molecule has 0 aromatic heterocycles. The monoisotopic (exact) mass is 404 g/mol. The first kappa shape index (κ1) is 19.7. The van der Waals surface area contributed by atoms with Crippen LogP contribution in [0.2, 0.25) is 0 Å². The summed E-state index contributed by atoms with van der Waals surface area (Å²) in [4.78, 5) is 0. The van der Waals surface area contributed by atoms with Gasteiger partial charge in [-0.1, -0.05) is 0 Å². The van der Waals surface area contributed by atoms with Crippen LogP contribution in [0, 0.1) is 11.8 Å². The molecule has 3 nitrogen and oxygen atoms in total. The molecular formula is C17H38N3Sn. The van der Waals surface area contributed by atoms with Gasteiger partial charge >= 0.3 is 142 Å². The fourth-order valence-electron chi connectivity index (χ4n) is 3.39. The van der Waals surface area contributed by atoms with Gasteiger partial charge in [-0.25, -0.2) is 0 Å². The van der Waals surface area contributed by atoms with Gasteiger partial charge in [-0.2, -0.15) is 0 Å². The predicted molar refractivity (Wildman–Crippen MR) is 95.1 cm³/mol. The summed E-state index contributed by atoms with van der Waals surface area (Å²) in [5.41, 5.74) is 0. The van der Waals surface area contributed by atoms with Gasteiger partial charge < -0.3 is 0 Å². The van der Waals surface area contributed by atoms with Crippen molar-refractivity contribution in [3.8, 4) is 0 Å². The summed E-state index contributed by atoms with van der Waals surface area (Å²) in [6.07, 6.45) is 4.62. The van der Waals surface area contributed by atoms with Crippen molar-refractivity contribution >= 4 is 20.6 Å². The van der Waals surface area contributed by atoms with Gasteiger partial charge in [0.2, 0.25) is 0 Å². The van der Waals surface area contributed by atoms with Crippen LogP contribution in [-0.4, -0.2) is 62.3 Å². The van der Waals surface area contributed by atoms with Crippen LogP contribution in [0.15, 0.2) is 0 Å². The van der Waals surface area contributed by atoms with Crippen LogP contribution in [0.3, 0.4) is 0 Å². The van der Waals surface area contributed by atoms with E-state index in [2.05, 4.69) is 57.8 Å². The van der Waals surface area contributed by atoms with Crippen LogP contribution in [0.5, 0.6) is 0 Å². The molecule has 0 bridgehead atoms. The molecule has 125 valence electrons. The van der Waals surface area contributed by atoms with Crippen molar-refractivity contribution in [3.05, 3.63) is 0 Å². The van der Waals surface area contributed by atoms with Crippen LogP contribution in [0.25, 0.3) is 0 Å². The van der Waals surface area contributed by atoms with Crippen LogP contribution >= 0.6 is 0 Å². The summed E-state index contributed by atoms with van der Waals surface area (Å²) in [5, 5.41) is 0. The second-order valence-electron chi connectivity index (χ2n) is 7.27. The molecule has 1 aliphatic rings. The van der Waals surface area contributed by atoms with Crippen LogP contribution in [0.4, 0.5) is 0 Å². The van der Waals surface area contributed by atoms with Crippen LogP contribution in [0.1, 0.15) is 67.7 Å². The summed E-state index contributed by atoms with van der Waals surface area (Å²) in [6, 6.07) is 0. The van der Waals surface area contributed by atoms with E-state index < -0.39 is 20.6 Å². The molecular weight excluding hydrogens is 365 g/mol. The molecule has 0 aliphatic carbocycles. The molecule has 1 fully saturated rings. The van der Waals surface area contributed by atoms with Crippen molar-refractivity contribution < 1.29 is 0 Å². The van der Waals surface area contributed by atoms with Gasteiger partial charge in [0, 0.05) is 0 Å². The van der Waals surface area contributed by atoms with Crippen molar-refractivity contribution in [2.45, 2.75) is 73.9 Å². The third-order valence-corrected chi connectivity index (χ3v) is 12.6. The molecule has 21 heavy (non-hydrogen) atoms. The average Bonchev–Trinajstić information content (AvgIpc) is 2.37. The van der Waals surface area contributed by atoms with Crippen LogP contribution < -0.4 is 0 Å². The van der Waals surface area contributed by atoms with Gasteiger partial charge in [0.1, 0.15) is 0 Å². The quantitative estimate of drug-likeness (QED) is 0.515. The summed E-state index contributed by atoms with van der Waals surface area (Å²) in [7, 11) is 0. The Labute approximate surface area is 141 Å².